The summed E-state index contributed by atoms with van der Waals surface area (Å²) in [6, 6.07) is 8.11. The van der Waals surface area contributed by atoms with Gasteiger partial charge in [0.05, 0.1) is 25.3 Å². The van der Waals surface area contributed by atoms with Gasteiger partial charge in [-0.05, 0) is 48.2 Å². The molecule has 2 N–H and O–H groups in total. The van der Waals surface area contributed by atoms with Crippen LogP contribution < -0.4 is 20.1 Å². The first kappa shape index (κ1) is 20.9. The fourth-order valence-corrected chi connectivity index (χ4v) is 3.25. The maximum Gasteiger partial charge on any atom is 0.315 e. The van der Waals surface area contributed by atoms with Gasteiger partial charge < -0.3 is 20.1 Å². The van der Waals surface area contributed by atoms with E-state index < -0.39 is 23.7 Å². The second-order valence-corrected chi connectivity index (χ2v) is 7.49. The van der Waals surface area contributed by atoms with E-state index in [2.05, 4.69) is 10.6 Å². The van der Waals surface area contributed by atoms with Crippen LogP contribution in [0.4, 0.5) is 13.6 Å². The Bertz CT molecular complexity index is 873. The molecule has 5 nitrogen and oxygen atoms in total. The fraction of sp³-hybridized carbons (Fsp3) is 0.409. The van der Waals surface area contributed by atoms with E-state index in [0.717, 1.165) is 24.1 Å². The van der Waals surface area contributed by atoms with Crippen molar-refractivity contribution in [2.45, 2.75) is 39.3 Å². The summed E-state index contributed by atoms with van der Waals surface area (Å²) in [5.74, 6) is -0.374. The summed E-state index contributed by atoms with van der Waals surface area (Å²) in [6.45, 7) is 6.93. The molecule has 1 aliphatic rings. The lowest BCUT2D eigenvalue weighted by Crippen LogP contribution is -2.40. The zero-order valence-corrected chi connectivity index (χ0v) is 16.8. The summed E-state index contributed by atoms with van der Waals surface area (Å²) in [4.78, 5) is 12.6. The fourth-order valence-electron chi connectivity index (χ4n) is 3.25. The van der Waals surface area contributed by atoms with Crippen molar-refractivity contribution in [1.82, 2.24) is 10.6 Å². The van der Waals surface area contributed by atoms with Crippen LogP contribution in [0.25, 0.3) is 0 Å². The zero-order valence-electron chi connectivity index (χ0n) is 16.8. The number of hydrogen-bond acceptors (Lipinski definition) is 3. The molecule has 156 valence electrons. The summed E-state index contributed by atoms with van der Waals surface area (Å²) in [6.07, 6.45) is 0.820. The Morgan fingerprint density at radius 2 is 1.59 bits per heavy atom. The maximum absolute atomic E-state index is 13.5. The van der Waals surface area contributed by atoms with Crippen LogP contribution in [0, 0.1) is 17.6 Å². The smallest absolute Gasteiger partial charge is 0.315 e. The Morgan fingerprint density at radius 3 is 2.28 bits per heavy atom. The van der Waals surface area contributed by atoms with Crippen LogP contribution in [0.1, 0.15) is 50.4 Å². The van der Waals surface area contributed by atoms with Crippen molar-refractivity contribution in [3.63, 3.8) is 0 Å². The molecule has 2 amide bonds. The Morgan fingerprint density at radius 1 is 0.897 bits per heavy atom. The summed E-state index contributed by atoms with van der Waals surface area (Å²) in [5.41, 5.74) is 1.38. The van der Waals surface area contributed by atoms with Crippen LogP contribution in [0.5, 0.6) is 11.5 Å². The molecule has 0 saturated carbocycles. The normalized spacial score (nSPS) is 15.4. The number of fused-ring (bicyclic) bond motifs is 1. The first-order chi connectivity index (χ1) is 13.8. The number of ether oxygens (including phenoxy) is 2. The van der Waals surface area contributed by atoms with Gasteiger partial charge in [0.2, 0.25) is 0 Å². The van der Waals surface area contributed by atoms with Gasteiger partial charge >= 0.3 is 6.03 Å². The van der Waals surface area contributed by atoms with E-state index in [0.29, 0.717) is 30.3 Å². The standard InChI is InChI=1S/C22H26F2N2O3/c1-13(2)21(16-6-8-19-20(12-16)29-10-4-9-28-19)26-22(27)25-14(3)15-5-7-17(23)18(24)11-15/h5-8,11-14,21H,4,9-10H2,1-3H3,(H2,25,26,27). The Kier molecular flexibility index (Phi) is 6.56. The molecule has 0 fully saturated rings. The summed E-state index contributed by atoms with van der Waals surface area (Å²) in [5, 5.41) is 5.74. The minimum atomic E-state index is -0.941. The highest BCUT2D eigenvalue weighted by Crippen LogP contribution is 2.34. The van der Waals surface area contributed by atoms with E-state index in [9.17, 15) is 13.6 Å². The predicted octanol–water partition coefficient (Wildman–Crippen LogP) is 4.88. The van der Waals surface area contributed by atoms with E-state index in [1.165, 1.54) is 6.07 Å². The third kappa shape index (κ3) is 5.16. The quantitative estimate of drug-likeness (QED) is 0.746. The van der Waals surface area contributed by atoms with E-state index in [1.54, 1.807) is 6.92 Å². The van der Waals surface area contributed by atoms with Gasteiger partial charge in [0.1, 0.15) is 0 Å². The molecule has 2 aromatic rings. The van der Waals surface area contributed by atoms with E-state index >= 15 is 0 Å². The molecule has 1 aliphatic heterocycles. The summed E-state index contributed by atoms with van der Waals surface area (Å²) in [7, 11) is 0. The van der Waals surface area contributed by atoms with E-state index in [1.807, 2.05) is 32.0 Å². The lowest BCUT2D eigenvalue weighted by atomic mass is 9.95. The van der Waals surface area contributed by atoms with Gasteiger partial charge in [-0.3, -0.25) is 0 Å². The Balaban J connectivity index is 1.70. The van der Waals surface area contributed by atoms with Gasteiger partial charge in [-0.2, -0.15) is 0 Å². The van der Waals surface area contributed by atoms with Crippen molar-refractivity contribution in [2.75, 3.05) is 13.2 Å². The molecular weight excluding hydrogens is 378 g/mol. The lowest BCUT2D eigenvalue weighted by molar-refractivity contribution is 0.230. The Labute approximate surface area is 169 Å². The van der Waals surface area contributed by atoms with E-state index in [-0.39, 0.29) is 12.0 Å². The molecular formula is C22H26F2N2O3. The number of nitrogens with one attached hydrogen (secondary N) is 2. The number of benzene rings is 2. The molecule has 0 bridgehead atoms. The number of urea groups is 1. The molecule has 0 aliphatic carbocycles. The van der Waals surface area contributed by atoms with Crippen molar-refractivity contribution in [2.24, 2.45) is 5.92 Å². The number of carbonyl (C=O) groups is 1. The molecule has 1 heterocycles. The van der Waals surface area contributed by atoms with Crippen molar-refractivity contribution in [3.05, 3.63) is 59.2 Å². The number of rotatable bonds is 5. The third-order valence-electron chi connectivity index (χ3n) is 4.88. The molecule has 0 radical (unpaired) electrons. The minimum Gasteiger partial charge on any atom is -0.490 e. The topological polar surface area (TPSA) is 59.6 Å². The molecule has 7 heteroatoms. The van der Waals surface area contributed by atoms with Gasteiger partial charge in [-0.25, -0.2) is 13.6 Å². The number of carbonyl (C=O) groups excluding carboxylic acids is 1. The lowest BCUT2D eigenvalue weighted by Gasteiger charge is -2.25. The second-order valence-electron chi connectivity index (χ2n) is 7.49. The van der Waals surface area contributed by atoms with Crippen LogP contribution in [-0.4, -0.2) is 19.2 Å². The second kappa shape index (κ2) is 9.11. The predicted molar refractivity (Wildman–Crippen MR) is 106 cm³/mol. The molecule has 29 heavy (non-hydrogen) atoms. The van der Waals surface area contributed by atoms with Crippen molar-refractivity contribution in [3.8, 4) is 11.5 Å². The largest absolute Gasteiger partial charge is 0.490 e. The minimum absolute atomic E-state index is 0.115. The van der Waals surface area contributed by atoms with Gasteiger partial charge in [0, 0.05) is 6.42 Å². The molecule has 3 rings (SSSR count). The molecule has 2 atom stereocenters. The molecule has 0 aromatic heterocycles. The molecule has 0 spiro atoms. The zero-order chi connectivity index (χ0) is 21.0. The molecule has 0 saturated heterocycles. The SMILES string of the molecule is CC(NC(=O)NC(c1ccc2c(c1)OCCCO2)C(C)C)c1ccc(F)c(F)c1. The number of amides is 2. The Hall–Kier alpha value is -2.83. The average Bonchev–Trinajstić information content (AvgIpc) is 2.92. The van der Waals surface area contributed by atoms with Crippen LogP contribution >= 0.6 is 0 Å². The highest BCUT2D eigenvalue weighted by atomic mass is 19.2. The first-order valence-corrected chi connectivity index (χ1v) is 9.76. The highest BCUT2D eigenvalue weighted by Gasteiger charge is 2.22. The highest BCUT2D eigenvalue weighted by molar-refractivity contribution is 5.75. The number of halogens is 2. The van der Waals surface area contributed by atoms with Crippen molar-refractivity contribution in [1.29, 1.82) is 0 Å². The van der Waals surface area contributed by atoms with Gasteiger partial charge in [0.15, 0.2) is 23.1 Å². The van der Waals surface area contributed by atoms with Gasteiger partial charge in [-0.1, -0.05) is 26.0 Å². The number of hydrogen-bond donors (Lipinski definition) is 2. The third-order valence-corrected chi connectivity index (χ3v) is 4.88. The van der Waals surface area contributed by atoms with Crippen LogP contribution in [0.3, 0.4) is 0 Å². The molecule has 2 aromatic carbocycles. The van der Waals surface area contributed by atoms with Crippen LogP contribution in [-0.2, 0) is 0 Å². The van der Waals surface area contributed by atoms with Crippen LogP contribution in [0.2, 0.25) is 0 Å². The average molecular weight is 404 g/mol. The van der Waals surface area contributed by atoms with Crippen LogP contribution in [0.15, 0.2) is 36.4 Å². The summed E-state index contributed by atoms with van der Waals surface area (Å²) < 4.78 is 38.0. The van der Waals surface area contributed by atoms with Crippen molar-refractivity contribution >= 4 is 6.03 Å². The van der Waals surface area contributed by atoms with Crippen molar-refractivity contribution < 1.29 is 23.0 Å². The maximum atomic E-state index is 13.5. The van der Waals surface area contributed by atoms with Gasteiger partial charge in [-0.15, -0.1) is 0 Å². The summed E-state index contributed by atoms with van der Waals surface area (Å²) >= 11 is 0. The monoisotopic (exact) mass is 404 g/mol. The van der Waals surface area contributed by atoms with E-state index in [4.69, 9.17) is 9.47 Å². The first-order valence-electron chi connectivity index (χ1n) is 9.76. The van der Waals surface area contributed by atoms with Gasteiger partial charge in [0.25, 0.3) is 0 Å². The molecule has 2 unspecified atom stereocenters.